The monoisotopic (exact) mass is 1280 g/mol. The molecule has 1 aliphatic carbocycles. The fourth-order valence-corrected chi connectivity index (χ4v) is 11.2. The second-order valence-corrected chi connectivity index (χ2v) is 23.7. The largest absolute Gasteiger partial charge is 0.513 e. The Balaban J connectivity index is 0.000000699. The minimum absolute atomic E-state index is 0.0577. The van der Waals surface area contributed by atoms with E-state index in [0.29, 0.717) is 67.8 Å². The van der Waals surface area contributed by atoms with Gasteiger partial charge in [0.2, 0.25) is 5.91 Å². The minimum atomic E-state index is -0.833. The van der Waals surface area contributed by atoms with Crippen LogP contribution in [-0.2, 0) is 20.9 Å². The molecule has 91 heavy (non-hydrogen) atoms. The van der Waals surface area contributed by atoms with Crippen molar-refractivity contribution in [2.75, 3.05) is 26.3 Å². The van der Waals surface area contributed by atoms with E-state index in [9.17, 15) is 18.8 Å². The molecule has 0 spiro atoms. The Hall–Kier alpha value is -6.66. The molecule has 13 heteroatoms. The number of fused-ring (bicyclic) bond motifs is 2. The van der Waals surface area contributed by atoms with Crippen LogP contribution in [0.1, 0.15) is 254 Å². The lowest BCUT2D eigenvalue weighted by Gasteiger charge is -2.31. The number of nitrogens with one attached hydrogen (secondary N) is 1. The lowest BCUT2D eigenvalue weighted by molar-refractivity contribution is -0.135. The van der Waals surface area contributed by atoms with E-state index >= 15 is 0 Å². The standard InChI is InChI=1S/C37H46ClFO.C22H29N3O4.C7H16.C6H10O.C2H4O2.2C2H6/c1-9-14-26(6)36(27(7)24(4)10-2)37-28(8)32(20-21-34(37)38)31(25(5)11-3)16-13-22-40-35-17-12-15-29-23-30(39)18-19-33(29)35;1-4-11-24(12-5-2)20(26)14-29-19-8-6-7-16-17(19)13-25(22(16)28)18-10-9-15(3)23-21(18)27;1-4-6-7(3)5-2;1-5(7)6-3-2-4-6;1-2(3)4;2*1-2/h12,14-15,17-21,23-24H,9-11,13,16,22H2,1-8H3;6-8,18H,3-5,9-14H2,1-2H3,(H,23,27);7H,4-6H2,1-3H3;7H,2-4H2,1H3;1H3,(H,3,4);2*1-2H3/b26-14-,31-25-,36-27+;;;;;;. The first-order valence-corrected chi connectivity index (χ1v) is 34.4. The van der Waals surface area contributed by atoms with Crippen LogP contribution >= 0.6 is 11.6 Å². The molecule has 2 heterocycles. The molecule has 0 aromatic heterocycles. The fourth-order valence-electron chi connectivity index (χ4n) is 10.9. The third-order valence-electron chi connectivity index (χ3n) is 16.6. The number of piperidine rings is 1. The first kappa shape index (κ1) is 82.4. The average molecular weight is 1280 g/mol. The summed E-state index contributed by atoms with van der Waals surface area (Å²) in [5.74, 6) is 1.80. The number of carbonyl (C=O) groups excluding carboxylic acids is 3. The van der Waals surface area contributed by atoms with E-state index in [4.69, 9.17) is 36.1 Å². The number of aliphatic carboxylic acids is 1. The van der Waals surface area contributed by atoms with Crippen LogP contribution in [-0.4, -0.2) is 76.0 Å². The van der Waals surface area contributed by atoms with Crippen LogP contribution in [0.25, 0.3) is 21.9 Å². The third-order valence-corrected chi connectivity index (χ3v) is 16.9. The normalized spacial score (nSPS) is 15.1. The summed E-state index contributed by atoms with van der Waals surface area (Å²) < 4.78 is 25.7. The van der Waals surface area contributed by atoms with Crippen molar-refractivity contribution in [1.29, 1.82) is 0 Å². The van der Waals surface area contributed by atoms with E-state index in [1.54, 1.807) is 47.1 Å². The van der Waals surface area contributed by atoms with Gasteiger partial charge < -0.3 is 34.8 Å². The molecule has 1 saturated carbocycles. The number of carbonyl (C=O) groups is 4. The number of nitrogens with zero attached hydrogens (tertiary/aromatic N) is 2. The van der Waals surface area contributed by atoms with Crippen molar-refractivity contribution < 1.29 is 43.3 Å². The average Bonchev–Trinajstić information content (AvgIpc) is 1.78. The SMILES string of the molecule is C=C1CCC(N2Cc3c(OCC(=O)N(CCC)CCC)cccc3C2=O)C(=O)N1.CC.CC.CC(=O)O.CC(O)=C1CCC1.CC/C=C(C)\C(=C(\C)C(C)CC)c1c(Cl)ccc(/C(CCCOc2cccc3cc(F)ccc23)=C(/C)CC)c1C.CCCC(C)CC. The number of carboxylic acid groups (broad SMARTS) is 1. The highest BCUT2D eigenvalue weighted by molar-refractivity contribution is 6.33. The molecular weight excluding hydrogens is 1160 g/mol. The number of aliphatic hydroxyl groups excluding tert-OH is 1. The molecule has 1 saturated heterocycles. The zero-order valence-electron chi connectivity index (χ0n) is 59.5. The molecule has 2 aliphatic heterocycles. The van der Waals surface area contributed by atoms with Crippen LogP contribution in [0.3, 0.4) is 0 Å². The molecule has 4 aromatic rings. The van der Waals surface area contributed by atoms with Crippen molar-refractivity contribution in [3.63, 3.8) is 0 Å². The van der Waals surface area contributed by atoms with Gasteiger partial charge in [0.1, 0.15) is 23.4 Å². The van der Waals surface area contributed by atoms with Gasteiger partial charge in [-0.25, -0.2) is 4.39 Å². The molecule has 7 rings (SSSR count). The molecule has 2 fully saturated rings. The van der Waals surface area contributed by atoms with Crippen LogP contribution in [0.15, 0.2) is 113 Å². The van der Waals surface area contributed by atoms with Gasteiger partial charge in [0.25, 0.3) is 17.8 Å². The second-order valence-electron chi connectivity index (χ2n) is 23.3. The van der Waals surface area contributed by atoms with Crippen LogP contribution in [0.5, 0.6) is 11.5 Å². The smallest absolute Gasteiger partial charge is 0.300 e. The summed E-state index contributed by atoms with van der Waals surface area (Å²) in [6, 6.07) is 19.7. The van der Waals surface area contributed by atoms with E-state index < -0.39 is 12.0 Å². The maximum absolute atomic E-state index is 13.7. The highest BCUT2D eigenvalue weighted by Crippen LogP contribution is 2.42. The maximum Gasteiger partial charge on any atom is 0.300 e. The van der Waals surface area contributed by atoms with E-state index in [1.165, 1.54) is 81.9 Å². The van der Waals surface area contributed by atoms with Crippen LogP contribution < -0.4 is 14.8 Å². The number of benzene rings is 4. The van der Waals surface area contributed by atoms with E-state index in [1.807, 2.05) is 59.7 Å². The number of aliphatic hydroxyl groups is 1. The Morgan fingerprint density at radius 2 is 1.46 bits per heavy atom. The number of halogens is 2. The number of amides is 3. The Morgan fingerprint density at radius 1 is 0.835 bits per heavy atom. The lowest BCUT2D eigenvalue weighted by atomic mass is 9.82. The lowest BCUT2D eigenvalue weighted by Crippen LogP contribution is -2.49. The molecular formula is C78H117ClFN3O8. The van der Waals surface area contributed by atoms with Gasteiger partial charge in [0, 0.05) is 52.8 Å². The summed E-state index contributed by atoms with van der Waals surface area (Å²) >= 11 is 6.98. The number of ether oxygens (including phenoxy) is 2. The van der Waals surface area contributed by atoms with E-state index in [0.717, 1.165) is 97.7 Å². The molecule has 3 N–H and O–H groups in total. The van der Waals surface area contributed by atoms with Gasteiger partial charge in [-0.15, -0.1) is 0 Å². The summed E-state index contributed by atoms with van der Waals surface area (Å²) in [5.41, 5.74) is 13.6. The van der Waals surface area contributed by atoms with Crippen molar-refractivity contribution in [3.8, 4) is 11.5 Å². The fraction of sp³-hybridized carbons (Fsp3) is 0.538. The van der Waals surface area contributed by atoms with Gasteiger partial charge in [-0.1, -0.05) is 169 Å². The first-order chi connectivity index (χ1) is 43.4. The Labute approximate surface area is 554 Å². The van der Waals surface area contributed by atoms with E-state index in [-0.39, 0.29) is 30.1 Å². The van der Waals surface area contributed by atoms with Gasteiger partial charge in [-0.3, -0.25) is 19.2 Å². The maximum atomic E-state index is 13.7. The first-order valence-electron chi connectivity index (χ1n) is 34.0. The third kappa shape index (κ3) is 26.5. The molecule has 11 nitrogen and oxygen atoms in total. The van der Waals surface area contributed by atoms with Crippen molar-refractivity contribution >= 4 is 57.2 Å². The summed E-state index contributed by atoms with van der Waals surface area (Å²) in [6.07, 6.45) is 17.8. The molecule has 0 radical (unpaired) electrons. The predicted molar refractivity (Wildman–Crippen MR) is 383 cm³/mol. The van der Waals surface area contributed by atoms with Crippen molar-refractivity contribution in [3.05, 3.63) is 152 Å². The molecule has 3 unspecified atom stereocenters. The Morgan fingerprint density at radius 3 is 1.98 bits per heavy atom. The number of carboxylic acids is 1. The molecule has 3 aliphatic rings. The van der Waals surface area contributed by atoms with Gasteiger partial charge in [-0.05, 0) is 205 Å². The predicted octanol–water partition coefficient (Wildman–Crippen LogP) is 21.6. The van der Waals surface area contributed by atoms with Crippen LogP contribution in [0, 0.1) is 24.6 Å². The summed E-state index contributed by atoms with van der Waals surface area (Å²) in [7, 11) is 0. The molecule has 3 amide bonds. The van der Waals surface area contributed by atoms with Gasteiger partial charge in [-0.2, -0.15) is 0 Å². The van der Waals surface area contributed by atoms with Gasteiger partial charge in [0.05, 0.1) is 18.9 Å². The minimum Gasteiger partial charge on any atom is -0.513 e. The topological polar surface area (TPSA) is 146 Å². The number of rotatable bonds is 23. The Kier molecular flexibility index (Phi) is 40.5. The van der Waals surface area contributed by atoms with Gasteiger partial charge >= 0.3 is 0 Å². The van der Waals surface area contributed by atoms with Crippen LogP contribution in [0.4, 0.5) is 4.39 Å². The second kappa shape index (κ2) is 44.8. The Bertz CT molecular complexity index is 3050. The molecule has 0 bridgehead atoms. The highest BCUT2D eigenvalue weighted by atomic mass is 35.5. The van der Waals surface area contributed by atoms with E-state index in [2.05, 4.69) is 106 Å². The quantitative estimate of drug-likeness (QED) is 0.0378. The van der Waals surface area contributed by atoms with Crippen molar-refractivity contribution in [1.82, 2.24) is 15.1 Å². The van der Waals surface area contributed by atoms with Crippen LogP contribution in [0.2, 0.25) is 5.02 Å². The highest BCUT2D eigenvalue weighted by Gasteiger charge is 2.39. The van der Waals surface area contributed by atoms with Gasteiger partial charge in [0.15, 0.2) is 6.61 Å². The van der Waals surface area contributed by atoms with Crippen molar-refractivity contribution in [2.45, 2.75) is 240 Å². The van der Waals surface area contributed by atoms with Crippen molar-refractivity contribution in [2.24, 2.45) is 11.8 Å². The molecule has 4 aromatic carbocycles. The molecule has 3 atom stereocenters. The zero-order valence-corrected chi connectivity index (χ0v) is 60.3. The summed E-state index contributed by atoms with van der Waals surface area (Å²) in [5, 5.41) is 21.5. The summed E-state index contributed by atoms with van der Waals surface area (Å²) in [4.78, 5) is 50.1. The summed E-state index contributed by atoms with van der Waals surface area (Å²) in [6.45, 7) is 45.7. The number of hydrogen-bond donors (Lipinski definition) is 3. The number of allylic oxidation sites excluding steroid dienone is 9. The molecule has 506 valence electrons. The number of hydrogen-bond acceptors (Lipinski definition) is 7. The zero-order chi connectivity index (χ0) is 68.9.